The van der Waals surface area contributed by atoms with E-state index in [4.69, 9.17) is 15.6 Å². The summed E-state index contributed by atoms with van der Waals surface area (Å²) in [6.07, 6.45) is -0.777. The van der Waals surface area contributed by atoms with E-state index >= 15 is 0 Å². The summed E-state index contributed by atoms with van der Waals surface area (Å²) in [5, 5.41) is 11.7. The van der Waals surface area contributed by atoms with Crippen molar-refractivity contribution in [3.63, 3.8) is 0 Å². The highest BCUT2D eigenvalue weighted by Crippen LogP contribution is 2.24. The molecule has 1 aromatic carbocycles. The number of nitrogens with one attached hydrogen (secondary N) is 1. The van der Waals surface area contributed by atoms with Gasteiger partial charge < -0.3 is 20.9 Å². The van der Waals surface area contributed by atoms with Gasteiger partial charge in [0.15, 0.2) is 6.10 Å². The van der Waals surface area contributed by atoms with E-state index < -0.39 is 12.1 Å². The molecule has 0 heterocycles. The molecule has 110 valence electrons. The van der Waals surface area contributed by atoms with Crippen LogP contribution in [0.15, 0.2) is 18.2 Å². The minimum Gasteiger partial charge on any atom is -0.479 e. The topological polar surface area (TPSA) is 102 Å². The summed E-state index contributed by atoms with van der Waals surface area (Å²) in [6, 6.07) is 4.12. The third-order valence-corrected chi connectivity index (χ3v) is 2.43. The molecule has 6 nitrogen and oxygen atoms in total. The van der Waals surface area contributed by atoms with Crippen LogP contribution in [-0.4, -0.2) is 28.6 Å². The minimum atomic E-state index is -1.08. The van der Waals surface area contributed by atoms with Crippen molar-refractivity contribution < 1.29 is 19.4 Å². The van der Waals surface area contributed by atoms with Gasteiger partial charge in [-0.25, -0.2) is 4.79 Å². The number of ether oxygens (including phenoxy) is 1. The van der Waals surface area contributed by atoms with Gasteiger partial charge in [-0.15, -0.1) is 0 Å². The molecule has 1 rings (SSSR count). The minimum absolute atomic E-state index is 0.0534. The number of anilines is 1. The Balaban J connectivity index is 2.85. The largest absolute Gasteiger partial charge is 0.479 e. The number of rotatable bonds is 4. The normalized spacial score (nSPS) is 12.6. The molecule has 1 atom stereocenters. The number of nitrogens with two attached hydrogens (primary N) is 1. The Morgan fingerprint density at radius 1 is 1.35 bits per heavy atom. The second kappa shape index (κ2) is 5.81. The smallest absolute Gasteiger partial charge is 0.335 e. The van der Waals surface area contributed by atoms with Gasteiger partial charge in [0.05, 0.1) is 11.3 Å². The maximum Gasteiger partial charge on any atom is 0.335 e. The molecule has 0 aliphatic heterocycles. The lowest BCUT2D eigenvalue weighted by Crippen LogP contribution is -2.46. The molecular formula is C14H20N2O4. The summed E-state index contributed by atoms with van der Waals surface area (Å²) in [5.41, 5.74) is 5.68. The summed E-state index contributed by atoms with van der Waals surface area (Å²) >= 11 is 0. The molecule has 4 N–H and O–H groups in total. The molecule has 0 bridgehead atoms. The van der Waals surface area contributed by atoms with Gasteiger partial charge in [0.25, 0.3) is 5.91 Å². The number of aromatic carboxylic acids is 1. The van der Waals surface area contributed by atoms with Crippen LogP contribution in [0.4, 0.5) is 5.69 Å². The Labute approximate surface area is 117 Å². The van der Waals surface area contributed by atoms with Crippen LogP contribution < -0.4 is 15.8 Å². The van der Waals surface area contributed by atoms with Crippen molar-refractivity contribution in [3.8, 4) is 5.75 Å². The third-order valence-electron chi connectivity index (χ3n) is 2.43. The molecule has 1 amide bonds. The molecule has 0 radical (unpaired) electrons. The standard InChI is InChI=1S/C14H20N2O4/c1-8(12(17)16-14(2,3)4)20-11-7-9(13(18)19)5-6-10(11)15/h5-8H,15H2,1-4H3,(H,16,17)(H,18,19). The first kappa shape index (κ1) is 15.8. The molecule has 0 aliphatic rings. The van der Waals surface area contributed by atoms with Gasteiger partial charge in [0.2, 0.25) is 0 Å². The number of hydrogen-bond acceptors (Lipinski definition) is 4. The van der Waals surface area contributed by atoms with Crippen molar-refractivity contribution in [1.29, 1.82) is 0 Å². The van der Waals surface area contributed by atoms with Crippen LogP contribution in [0, 0.1) is 0 Å². The first-order valence-corrected chi connectivity index (χ1v) is 6.21. The van der Waals surface area contributed by atoms with Crippen LogP contribution in [0.2, 0.25) is 0 Å². The molecule has 6 heteroatoms. The van der Waals surface area contributed by atoms with Crippen molar-refractivity contribution in [2.45, 2.75) is 39.3 Å². The zero-order valence-electron chi connectivity index (χ0n) is 12.1. The number of hydrogen-bond donors (Lipinski definition) is 3. The average Bonchev–Trinajstić information content (AvgIpc) is 2.29. The van der Waals surface area contributed by atoms with E-state index in [9.17, 15) is 9.59 Å². The van der Waals surface area contributed by atoms with E-state index in [-0.39, 0.29) is 28.4 Å². The van der Waals surface area contributed by atoms with E-state index in [1.807, 2.05) is 20.8 Å². The number of carboxylic acids is 1. The van der Waals surface area contributed by atoms with Gasteiger partial charge in [-0.05, 0) is 45.9 Å². The van der Waals surface area contributed by atoms with E-state index in [1.54, 1.807) is 6.92 Å². The van der Waals surface area contributed by atoms with Crippen molar-refractivity contribution >= 4 is 17.6 Å². The van der Waals surface area contributed by atoms with Crippen LogP contribution in [0.3, 0.4) is 0 Å². The highest BCUT2D eigenvalue weighted by molar-refractivity contribution is 5.89. The van der Waals surface area contributed by atoms with Crippen molar-refractivity contribution in [1.82, 2.24) is 5.32 Å². The lowest BCUT2D eigenvalue weighted by atomic mass is 10.1. The zero-order valence-corrected chi connectivity index (χ0v) is 12.1. The second-order valence-corrected chi connectivity index (χ2v) is 5.56. The van der Waals surface area contributed by atoms with E-state index in [0.29, 0.717) is 0 Å². The summed E-state index contributed by atoms with van der Waals surface area (Å²) in [7, 11) is 0. The summed E-state index contributed by atoms with van der Waals surface area (Å²) in [4.78, 5) is 22.8. The predicted molar refractivity (Wildman–Crippen MR) is 75.8 cm³/mol. The monoisotopic (exact) mass is 280 g/mol. The molecule has 0 saturated carbocycles. The molecule has 1 unspecified atom stereocenters. The van der Waals surface area contributed by atoms with Gasteiger partial charge in [-0.2, -0.15) is 0 Å². The van der Waals surface area contributed by atoms with Gasteiger partial charge in [-0.3, -0.25) is 4.79 Å². The maximum absolute atomic E-state index is 11.9. The number of amides is 1. The Morgan fingerprint density at radius 2 is 1.95 bits per heavy atom. The highest BCUT2D eigenvalue weighted by Gasteiger charge is 2.21. The number of carbonyl (C=O) groups excluding carboxylic acids is 1. The van der Waals surface area contributed by atoms with Crippen LogP contribution in [-0.2, 0) is 4.79 Å². The lowest BCUT2D eigenvalue weighted by molar-refractivity contribution is -0.128. The Kier molecular flexibility index (Phi) is 4.60. The van der Waals surface area contributed by atoms with Crippen LogP contribution >= 0.6 is 0 Å². The fourth-order valence-electron chi connectivity index (χ4n) is 1.48. The van der Waals surface area contributed by atoms with Crippen molar-refractivity contribution in [2.75, 3.05) is 5.73 Å². The molecule has 20 heavy (non-hydrogen) atoms. The molecular weight excluding hydrogens is 260 g/mol. The van der Waals surface area contributed by atoms with E-state index in [1.165, 1.54) is 18.2 Å². The average molecular weight is 280 g/mol. The summed E-state index contributed by atoms with van der Waals surface area (Å²) in [6.45, 7) is 7.15. The van der Waals surface area contributed by atoms with Crippen LogP contribution in [0.1, 0.15) is 38.1 Å². The fraction of sp³-hybridized carbons (Fsp3) is 0.429. The predicted octanol–water partition coefficient (Wildman–Crippen LogP) is 1.65. The first-order valence-electron chi connectivity index (χ1n) is 6.21. The third kappa shape index (κ3) is 4.46. The van der Waals surface area contributed by atoms with Crippen molar-refractivity contribution in [3.05, 3.63) is 23.8 Å². The fourth-order valence-corrected chi connectivity index (χ4v) is 1.48. The Hall–Kier alpha value is -2.24. The lowest BCUT2D eigenvalue weighted by Gasteiger charge is -2.24. The molecule has 0 spiro atoms. The first-order chi connectivity index (χ1) is 9.10. The number of nitrogen functional groups attached to an aromatic ring is 1. The van der Waals surface area contributed by atoms with Crippen LogP contribution in [0.25, 0.3) is 0 Å². The van der Waals surface area contributed by atoms with Crippen molar-refractivity contribution in [2.24, 2.45) is 0 Å². The number of benzene rings is 1. The second-order valence-electron chi connectivity index (χ2n) is 5.56. The van der Waals surface area contributed by atoms with Gasteiger partial charge >= 0.3 is 5.97 Å². The maximum atomic E-state index is 11.9. The summed E-state index contributed by atoms with van der Waals surface area (Å²) < 4.78 is 5.44. The molecule has 0 aromatic heterocycles. The van der Waals surface area contributed by atoms with E-state index in [0.717, 1.165) is 0 Å². The SMILES string of the molecule is CC(Oc1cc(C(=O)O)ccc1N)C(=O)NC(C)(C)C. The molecule has 0 aliphatic carbocycles. The molecule has 0 saturated heterocycles. The van der Waals surface area contributed by atoms with Gasteiger partial charge in [0, 0.05) is 5.54 Å². The Bertz CT molecular complexity index is 520. The number of carbonyl (C=O) groups is 2. The Morgan fingerprint density at radius 3 is 2.45 bits per heavy atom. The highest BCUT2D eigenvalue weighted by atomic mass is 16.5. The van der Waals surface area contributed by atoms with Gasteiger partial charge in [-0.1, -0.05) is 0 Å². The van der Waals surface area contributed by atoms with Crippen LogP contribution in [0.5, 0.6) is 5.75 Å². The number of carboxylic acid groups (broad SMARTS) is 1. The molecule has 1 aromatic rings. The zero-order chi connectivity index (χ0) is 15.5. The quantitative estimate of drug-likeness (QED) is 0.728. The van der Waals surface area contributed by atoms with E-state index in [2.05, 4.69) is 5.32 Å². The van der Waals surface area contributed by atoms with Gasteiger partial charge in [0.1, 0.15) is 5.75 Å². The molecule has 0 fully saturated rings. The summed E-state index contributed by atoms with van der Waals surface area (Å²) in [5.74, 6) is -1.19.